The van der Waals surface area contributed by atoms with Gasteiger partial charge in [0.05, 0.1) is 6.54 Å². The Kier molecular flexibility index (Phi) is 6.61. The number of carbonyl (C=O) groups is 1. The average Bonchev–Trinajstić information content (AvgIpc) is 3.12. The first kappa shape index (κ1) is 16.8. The van der Waals surface area contributed by atoms with Crippen LogP contribution < -0.4 is 10.6 Å². The van der Waals surface area contributed by atoms with Crippen LogP contribution in [0.25, 0.3) is 0 Å². The van der Waals surface area contributed by atoms with E-state index < -0.39 is 0 Å². The van der Waals surface area contributed by atoms with Crippen molar-refractivity contribution < 1.29 is 4.79 Å². The van der Waals surface area contributed by atoms with Crippen LogP contribution in [0.3, 0.4) is 0 Å². The maximum atomic E-state index is 11.6. The molecule has 0 spiro atoms. The third-order valence-electron chi connectivity index (χ3n) is 4.46. The predicted molar refractivity (Wildman–Crippen MR) is 81.6 cm³/mol. The molecule has 2 fully saturated rings. The van der Waals surface area contributed by atoms with E-state index in [1.807, 2.05) is 0 Å². The molecule has 2 rings (SSSR count). The molecule has 0 saturated heterocycles. The standard InChI is InChI=1S/C15H28N2O.ClH/c1-15(2)7-5-13(6-8-15)10-17-14(18)11-16-9-12-3-4-12;/h12-13,16H,3-11H2,1-2H3,(H,17,18);1H. The van der Waals surface area contributed by atoms with Crippen molar-refractivity contribution in [3.05, 3.63) is 0 Å². The summed E-state index contributed by atoms with van der Waals surface area (Å²) in [5.74, 6) is 1.71. The molecule has 0 unspecified atom stereocenters. The number of hydrogen-bond donors (Lipinski definition) is 2. The van der Waals surface area contributed by atoms with E-state index in [2.05, 4.69) is 24.5 Å². The minimum absolute atomic E-state index is 0. The molecule has 0 aromatic rings. The summed E-state index contributed by atoms with van der Waals surface area (Å²) < 4.78 is 0. The Morgan fingerprint density at radius 1 is 1.05 bits per heavy atom. The van der Waals surface area contributed by atoms with E-state index in [1.165, 1.54) is 38.5 Å². The third kappa shape index (κ3) is 6.62. The molecule has 0 bridgehead atoms. The van der Waals surface area contributed by atoms with E-state index in [0.29, 0.717) is 17.9 Å². The monoisotopic (exact) mass is 288 g/mol. The molecular formula is C15H29ClN2O. The molecule has 3 nitrogen and oxygen atoms in total. The van der Waals surface area contributed by atoms with Crippen LogP contribution in [0.15, 0.2) is 0 Å². The van der Waals surface area contributed by atoms with Gasteiger partial charge in [-0.3, -0.25) is 4.79 Å². The molecule has 0 aromatic heterocycles. The van der Waals surface area contributed by atoms with E-state index in [1.54, 1.807) is 0 Å². The summed E-state index contributed by atoms with van der Waals surface area (Å²) >= 11 is 0. The van der Waals surface area contributed by atoms with Gasteiger partial charge in [0.1, 0.15) is 0 Å². The zero-order valence-electron chi connectivity index (χ0n) is 12.3. The van der Waals surface area contributed by atoms with Crippen molar-refractivity contribution in [1.29, 1.82) is 0 Å². The number of carbonyl (C=O) groups excluding carboxylic acids is 1. The molecule has 19 heavy (non-hydrogen) atoms. The van der Waals surface area contributed by atoms with Gasteiger partial charge in [-0.05, 0) is 62.3 Å². The molecule has 0 aromatic carbocycles. The maximum absolute atomic E-state index is 11.6. The molecule has 1 amide bonds. The Balaban J connectivity index is 0.00000180. The van der Waals surface area contributed by atoms with Crippen molar-refractivity contribution in [2.75, 3.05) is 19.6 Å². The van der Waals surface area contributed by atoms with Crippen LogP contribution in [-0.2, 0) is 4.79 Å². The first-order chi connectivity index (χ1) is 8.55. The molecule has 2 N–H and O–H groups in total. The van der Waals surface area contributed by atoms with Gasteiger partial charge < -0.3 is 10.6 Å². The lowest BCUT2D eigenvalue weighted by Gasteiger charge is -2.34. The second-order valence-electron chi connectivity index (χ2n) is 6.99. The molecular weight excluding hydrogens is 260 g/mol. The number of hydrogen-bond acceptors (Lipinski definition) is 2. The Bertz CT molecular complexity index is 280. The van der Waals surface area contributed by atoms with Crippen LogP contribution in [0.5, 0.6) is 0 Å². The van der Waals surface area contributed by atoms with Gasteiger partial charge in [0, 0.05) is 6.54 Å². The van der Waals surface area contributed by atoms with Gasteiger partial charge in [-0.25, -0.2) is 0 Å². The van der Waals surface area contributed by atoms with Gasteiger partial charge in [-0.2, -0.15) is 0 Å². The fraction of sp³-hybridized carbons (Fsp3) is 0.933. The van der Waals surface area contributed by atoms with Crippen molar-refractivity contribution in [3.63, 3.8) is 0 Å². The number of halogens is 1. The van der Waals surface area contributed by atoms with Crippen molar-refractivity contribution >= 4 is 18.3 Å². The van der Waals surface area contributed by atoms with Crippen molar-refractivity contribution in [2.24, 2.45) is 17.3 Å². The Morgan fingerprint density at radius 2 is 1.63 bits per heavy atom. The SMILES string of the molecule is CC1(C)CCC(CNC(=O)CNCC2CC2)CC1.Cl. The van der Waals surface area contributed by atoms with E-state index in [-0.39, 0.29) is 18.3 Å². The number of rotatable bonds is 6. The normalized spacial score (nSPS) is 22.6. The fourth-order valence-electron chi connectivity index (χ4n) is 2.70. The van der Waals surface area contributed by atoms with Gasteiger partial charge in [-0.1, -0.05) is 13.8 Å². The third-order valence-corrected chi connectivity index (χ3v) is 4.46. The van der Waals surface area contributed by atoms with Gasteiger partial charge in [0.25, 0.3) is 0 Å². The molecule has 0 radical (unpaired) electrons. The first-order valence-electron chi connectivity index (χ1n) is 7.52. The minimum Gasteiger partial charge on any atom is -0.355 e. The van der Waals surface area contributed by atoms with Crippen molar-refractivity contribution in [2.45, 2.75) is 52.4 Å². The van der Waals surface area contributed by atoms with Gasteiger partial charge in [-0.15, -0.1) is 12.4 Å². The molecule has 0 aliphatic heterocycles. The highest BCUT2D eigenvalue weighted by molar-refractivity contribution is 5.85. The highest BCUT2D eigenvalue weighted by Gasteiger charge is 2.26. The lowest BCUT2D eigenvalue weighted by molar-refractivity contribution is -0.120. The largest absolute Gasteiger partial charge is 0.355 e. The quantitative estimate of drug-likeness (QED) is 0.789. The van der Waals surface area contributed by atoms with Gasteiger partial charge >= 0.3 is 0 Å². The average molecular weight is 289 g/mol. The van der Waals surface area contributed by atoms with Gasteiger partial charge in [0.15, 0.2) is 0 Å². The molecule has 112 valence electrons. The second kappa shape index (κ2) is 7.49. The second-order valence-corrected chi connectivity index (χ2v) is 6.99. The molecule has 0 atom stereocenters. The summed E-state index contributed by atoms with van der Waals surface area (Å²) in [6.07, 6.45) is 7.81. The zero-order chi connectivity index (χ0) is 13.0. The minimum atomic E-state index is 0. The zero-order valence-corrected chi connectivity index (χ0v) is 13.2. The molecule has 4 heteroatoms. The Morgan fingerprint density at radius 3 is 2.21 bits per heavy atom. The summed E-state index contributed by atoms with van der Waals surface area (Å²) in [6, 6.07) is 0. The molecule has 2 saturated carbocycles. The highest BCUT2D eigenvalue weighted by Crippen LogP contribution is 2.37. The van der Waals surface area contributed by atoms with Crippen molar-refractivity contribution in [1.82, 2.24) is 10.6 Å². The topological polar surface area (TPSA) is 41.1 Å². The van der Waals surface area contributed by atoms with Crippen LogP contribution in [0.4, 0.5) is 0 Å². The summed E-state index contributed by atoms with van der Waals surface area (Å²) in [7, 11) is 0. The lowest BCUT2D eigenvalue weighted by atomic mass is 9.73. The van der Waals surface area contributed by atoms with Crippen LogP contribution >= 0.6 is 12.4 Å². The molecule has 2 aliphatic rings. The maximum Gasteiger partial charge on any atom is 0.233 e. The Labute approximate surface area is 123 Å². The fourth-order valence-corrected chi connectivity index (χ4v) is 2.70. The summed E-state index contributed by atoms with van der Waals surface area (Å²) in [6.45, 7) is 7.09. The predicted octanol–water partition coefficient (Wildman–Crippen LogP) is 2.74. The van der Waals surface area contributed by atoms with Crippen molar-refractivity contribution in [3.8, 4) is 0 Å². The number of nitrogens with one attached hydrogen (secondary N) is 2. The van der Waals surface area contributed by atoms with Gasteiger partial charge in [0.2, 0.25) is 5.91 Å². The number of amides is 1. The van der Waals surface area contributed by atoms with E-state index in [9.17, 15) is 4.79 Å². The summed E-state index contributed by atoms with van der Waals surface area (Å²) in [5.41, 5.74) is 0.520. The van der Waals surface area contributed by atoms with Crippen LogP contribution in [0, 0.1) is 17.3 Å². The summed E-state index contributed by atoms with van der Waals surface area (Å²) in [5, 5.41) is 6.31. The van der Waals surface area contributed by atoms with Crippen LogP contribution in [0.1, 0.15) is 52.4 Å². The molecule has 2 aliphatic carbocycles. The van der Waals surface area contributed by atoms with E-state index in [4.69, 9.17) is 0 Å². The van der Waals surface area contributed by atoms with Crippen LogP contribution in [0.2, 0.25) is 0 Å². The van der Waals surface area contributed by atoms with E-state index >= 15 is 0 Å². The molecule has 0 heterocycles. The lowest BCUT2D eigenvalue weighted by Crippen LogP contribution is -2.38. The smallest absolute Gasteiger partial charge is 0.233 e. The first-order valence-corrected chi connectivity index (χ1v) is 7.52. The summed E-state index contributed by atoms with van der Waals surface area (Å²) in [4.78, 5) is 11.6. The van der Waals surface area contributed by atoms with Crippen LogP contribution in [-0.4, -0.2) is 25.5 Å². The Hall–Kier alpha value is -0.280. The van der Waals surface area contributed by atoms with E-state index in [0.717, 1.165) is 19.0 Å². The highest BCUT2D eigenvalue weighted by atomic mass is 35.5.